The van der Waals surface area contributed by atoms with Gasteiger partial charge in [0.2, 0.25) is 5.88 Å². The quantitative estimate of drug-likeness (QED) is 0.783. The molecule has 0 aliphatic heterocycles. The van der Waals surface area contributed by atoms with Crippen molar-refractivity contribution < 1.29 is 14.6 Å². The number of aromatic nitrogens is 2. The Balaban J connectivity index is 2.89. The van der Waals surface area contributed by atoms with E-state index in [2.05, 4.69) is 15.3 Å². The Bertz CT molecular complexity index is 397. The second-order valence-electron chi connectivity index (χ2n) is 3.96. The summed E-state index contributed by atoms with van der Waals surface area (Å²) in [6, 6.07) is 1.57. The SMILES string of the molecule is CCCC(C)(Nc1cc(OC)ncn1)C(=O)O. The molecule has 0 aliphatic carbocycles. The predicted octanol–water partition coefficient (Wildman–Crippen LogP) is 1.54. The average molecular weight is 239 g/mol. The minimum atomic E-state index is -1.03. The van der Waals surface area contributed by atoms with Crippen molar-refractivity contribution in [1.82, 2.24) is 9.97 Å². The number of anilines is 1. The van der Waals surface area contributed by atoms with E-state index in [1.54, 1.807) is 13.0 Å². The molecule has 0 bridgehead atoms. The van der Waals surface area contributed by atoms with E-state index >= 15 is 0 Å². The summed E-state index contributed by atoms with van der Waals surface area (Å²) in [4.78, 5) is 19.1. The lowest BCUT2D eigenvalue weighted by Gasteiger charge is -2.26. The smallest absolute Gasteiger partial charge is 0.329 e. The molecule has 1 aromatic rings. The Morgan fingerprint density at radius 2 is 2.29 bits per heavy atom. The van der Waals surface area contributed by atoms with Crippen LogP contribution in [-0.2, 0) is 4.79 Å². The van der Waals surface area contributed by atoms with E-state index in [0.717, 1.165) is 6.42 Å². The average Bonchev–Trinajstić information content (AvgIpc) is 2.29. The summed E-state index contributed by atoms with van der Waals surface area (Å²) in [5, 5.41) is 12.1. The van der Waals surface area contributed by atoms with Crippen LogP contribution in [0.15, 0.2) is 12.4 Å². The van der Waals surface area contributed by atoms with Gasteiger partial charge in [-0.1, -0.05) is 13.3 Å². The lowest BCUT2D eigenvalue weighted by Crippen LogP contribution is -2.43. The highest BCUT2D eigenvalue weighted by Gasteiger charge is 2.32. The fourth-order valence-corrected chi connectivity index (χ4v) is 1.53. The molecule has 17 heavy (non-hydrogen) atoms. The molecule has 0 aliphatic rings. The number of hydrogen-bond acceptors (Lipinski definition) is 5. The molecular formula is C11H17N3O3. The van der Waals surface area contributed by atoms with E-state index in [-0.39, 0.29) is 0 Å². The first-order chi connectivity index (χ1) is 8.01. The Labute approximate surface area is 100 Å². The summed E-state index contributed by atoms with van der Waals surface area (Å²) in [5.41, 5.74) is -1.03. The molecule has 0 spiro atoms. The largest absolute Gasteiger partial charge is 0.481 e. The minimum Gasteiger partial charge on any atom is -0.481 e. The number of ether oxygens (including phenoxy) is 1. The van der Waals surface area contributed by atoms with E-state index < -0.39 is 11.5 Å². The van der Waals surface area contributed by atoms with Crippen LogP contribution in [0.2, 0.25) is 0 Å². The summed E-state index contributed by atoms with van der Waals surface area (Å²) in [6.07, 6.45) is 2.60. The molecule has 1 rings (SSSR count). The molecule has 0 fully saturated rings. The lowest BCUT2D eigenvalue weighted by molar-refractivity contribution is -0.142. The molecule has 1 heterocycles. The number of aliphatic carboxylic acids is 1. The van der Waals surface area contributed by atoms with E-state index in [4.69, 9.17) is 4.74 Å². The fourth-order valence-electron chi connectivity index (χ4n) is 1.53. The van der Waals surface area contributed by atoms with Crippen molar-refractivity contribution in [1.29, 1.82) is 0 Å². The normalized spacial score (nSPS) is 13.8. The van der Waals surface area contributed by atoms with Crippen LogP contribution in [-0.4, -0.2) is 33.7 Å². The third kappa shape index (κ3) is 3.30. The van der Waals surface area contributed by atoms with Crippen LogP contribution >= 0.6 is 0 Å². The van der Waals surface area contributed by atoms with Gasteiger partial charge in [-0.05, 0) is 13.3 Å². The maximum atomic E-state index is 11.2. The van der Waals surface area contributed by atoms with Crippen LogP contribution < -0.4 is 10.1 Å². The van der Waals surface area contributed by atoms with Crippen molar-refractivity contribution in [2.45, 2.75) is 32.2 Å². The summed E-state index contributed by atoms with van der Waals surface area (Å²) in [6.45, 7) is 3.57. The van der Waals surface area contributed by atoms with Gasteiger partial charge in [0.05, 0.1) is 7.11 Å². The third-order valence-electron chi connectivity index (χ3n) is 2.48. The molecule has 0 radical (unpaired) electrons. The highest BCUT2D eigenvalue weighted by atomic mass is 16.5. The molecule has 0 saturated heterocycles. The van der Waals surface area contributed by atoms with Crippen molar-refractivity contribution >= 4 is 11.8 Å². The van der Waals surface area contributed by atoms with Gasteiger partial charge in [0.1, 0.15) is 17.7 Å². The molecule has 2 N–H and O–H groups in total. The van der Waals surface area contributed by atoms with Crippen LogP contribution in [0.5, 0.6) is 5.88 Å². The monoisotopic (exact) mass is 239 g/mol. The molecule has 0 aromatic carbocycles. The second kappa shape index (κ2) is 5.47. The van der Waals surface area contributed by atoms with E-state index in [9.17, 15) is 9.90 Å². The zero-order chi connectivity index (χ0) is 12.9. The molecule has 94 valence electrons. The van der Waals surface area contributed by atoms with Gasteiger partial charge >= 0.3 is 5.97 Å². The highest BCUT2D eigenvalue weighted by molar-refractivity contribution is 5.81. The molecule has 1 unspecified atom stereocenters. The Hall–Kier alpha value is -1.85. The van der Waals surface area contributed by atoms with Crippen LogP contribution in [0, 0.1) is 0 Å². The molecule has 0 amide bonds. The summed E-state index contributed by atoms with van der Waals surface area (Å²) >= 11 is 0. The van der Waals surface area contributed by atoms with Gasteiger partial charge in [0.15, 0.2) is 0 Å². The van der Waals surface area contributed by atoms with Crippen molar-refractivity contribution in [2.24, 2.45) is 0 Å². The van der Waals surface area contributed by atoms with Crippen molar-refractivity contribution in [3.63, 3.8) is 0 Å². The van der Waals surface area contributed by atoms with Gasteiger partial charge in [0.25, 0.3) is 0 Å². The third-order valence-corrected chi connectivity index (χ3v) is 2.48. The molecular weight excluding hydrogens is 222 g/mol. The van der Waals surface area contributed by atoms with Gasteiger partial charge in [-0.15, -0.1) is 0 Å². The van der Waals surface area contributed by atoms with Crippen molar-refractivity contribution in [2.75, 3.05) is 12.4 Å². The number of nitrogens with zero attached hydrogens (tertiary/aromatic N) is 2. The van der Waals surface area contributed by atoms with Gasteiger partial charge in [-0.3, -0.25) is 0 Å². The van der Waals surface area contributed by atoms with E-state index in [1.165, 1.54) is 13.4 Å². The maximum Gasteiger partial charge on any atom is 0.329 e. The second-order valence-corrected chi connectivity index (χ2v) is 3.96. The molecule has 1 aromatic heterocycles. The van der Waals surface area contributed by atoms with Crippen molar-refractivity contribution in [3.05, 3.63) is 12.4 Å². The molecule has 6 nitrogen and oxygen atoms in total. The van der Waals surface area contributed by atoms with Gasteiger partial charge in [-0.2, -0.15) is 0 Å². The number of carboxylic acid groups (broad SMARTS) is 1. The topological polar surface area (TPSA) is 84.3 Å². The molecule has 0 saturated carbocycles. The molecule has 6 heteroatoms. The Morgan fingerprint density at radius 3 is 2.82 bits per heavy atom. The summed E-state index contributed by atoms with van der Waals surface area (Å²) in [7, 11) is 1.49. The van der Waals surface area contributed by atoms with Gasteiger partial charge in [0, 0.05) is 6.07 Å². The van der Waals surface area contributed by atoms with Crippen LogP contribution in [0.3, 0.4) is 0 Å². The highest BCUT2D eigenvalue weighted by Crippen LogP contribution is 2.20. The van der Waals surface area contributed by atoms with Gasteiger partial charge in [-0.25, -0.2) is 14.8 Å². The van der Waals surface area contributed by atoms with Gasteiger partial charge < -0.3 is 15.2 Å². The Kier molecular flexibility index (Phi) is 4.25. The number of methoxy groups -OCH3 is 1. The predicted molar refractivity (Wildman–Crippen MR) is 63.2 cm³/mol. The number of carbonyl (C=O) groups is 1. The Morgan fingerprint density at radius 1 is 1.59 bits per heavy atom. The maximum absolute atomic E-state index is 11.2. The number of nitrogens with one attached hydrogen (secondary N) is 1. The lowest BCUT2D eigenvalue weighted by atomic mass is 9.96. The zero-order valence-corrected chi connectivity index (χ0v) is 10.2. The zero-order valence-electron chi connectivity index (χ0n) is 10.2. The minimum absolute atomic E-state index is 0.395. The van der Waals surface area contributed by atoms with E-state index in [1.807, 2.05) is 6.92 Å². The summed E-state index contributed by atoms with van der Waals surface area (Å²) < 4.78 is 4.95. The number of hydrogen-bond donors (Lipinski definition) is 2. The first-order valence-corrected chi connectivity index (χ1v) is 5.39. The summed E-state index contributed by atoms with van der Waals surface area (Å²) in [5.74, 6) is -0.0705. The van der Waals surface area contributed by atoms with Crippen LogP contribution in [0.4, 0.5) is 5.82 Å². The standard InChI is InChI=1S/C11H17N3O3/c1-4-5-11(2,10(15)16)14-8-6-9(17-3)13-7-12-8/h6-7H,4-5H2,1-3H3,(H,15,16)(H,12,13,14). The van der Waals surface area contributed by atoms with Crippen LogP contribution in [0.1, 0.15) is 26.7 Å². The number of carboxylic acids is 1. The van der Waals surface area contributed by atoms with Crippen molar-refractivity contribution in [3.8, 4) is 5.88 Å². The first kappa shape index (κ1) is 13.2. The first-order valence-electron chi connectivity index (χ1n) is 5.39. The van der Waals surface area contributed by atoms with Crippen LogP contribution in [0.25, 0.3) is 0 Å². The molecule has 1 atom stereocenters. The fraction of sp³-hybridized carbons (Fsp3) is 0.545. The van der Waals surface area contributed by atoms with E-state index in [0.29, 0.717) is 18.1 Å². The number of rotatable bonds is 6.